The van der Waals surface area contributed by atoms with Crippen molar-refractivity contribution in [3.05, 3.63) is 174 Å². The van der Waals surface area contributed by atoms with Crippen molar-refractivity contribution >= 4 is 76.8 Å². The number of pyridine rings is 3. The molecule has 0 aliphatic carbocycles. The van der Waals surface area contributed by atoms with E-state index in [-0.39, 0.29) is 20.4 Å². The summed E-state index contributed by atoms with van der Waals surface area (Å²) in [5.41, 5.74) is 18.4. The van der Waals surface area contributed by atoms with Gasteiger partial charge in [0.05, 0.1) is 44.4 Å². The second kappa shape index (κ2) is 13.6. The molecule has 0 N–H and O–H groups in total. The predicted molar refractivity (Wildman–Crippen MR) is 241 cm³/mol. The molecule has 0 radical (unpaired) electrons. The number of benzene rings is 7. The monoisotopic (exact) mass is 863 g/mol. The molecule has 0 amide bonds. The van der Waals surface area contributed by atoms with Crippen LogP contribution < -0.4 is 4.74 Å². The second-order valence-corrected chi connectivity index (χ2v) is 15.7. The van der Waals surface area contributed by atoms with Crippen LogP contribution in [0.1, 0.15) is 22.3 Å². The van der Waals surface area contributed by atoms with Gasteiger partial charge in [0.1, 0.15) is 0 Å². The van der Waals surface area contributed by atoms with E-state index in [1.807, 2.05) is 42.6 Å². The van der Waals surface area contributed by atoms with Gasteiger partial charge >= 0.3 is 20.4 Å². The van der Waals surface area contributed by atoms with Gasteiger partial charge in [0, 0.05) is 28.8 Å². The first-order valence-electron chi connectivity index (χ1n) is 20.0. The molecule has 0 bridgehead atoms. The first-order chi connectivity index (χ1) is 28.9. The fourth-order valence-corrected chi connectivity index (χ4v) is 9.53. The van der Waals surface area contributed by atoms with Gasteiger partial charge < -0.3 is 13.5 Å². The van der Waals surface area contributed by atoms with E-state index in [0.717, 1.165) is 76.8 Å². The molecule has 0 saturated heterocycles. The molecule has 5 aromatic heterocycles. The van der Waals surface area contributed by atoms with E-state index < -0.39 is 0 Å². The molecule has 288 valence electrons. The zero-order chi connectivity index (χ0) is 39.5. The Hall–Kier alpha value is -6.91. The molecule has 0 spiro atoms. The van der Waals surface area contributed by atoms with Crippen LogP contribution in [-0.2, 0) is 20.4 Å². The number of hydrogen-bond acceptors (Lipinski definition) is 4. The minimum absolute atomic E-state index is 0. The molecule has 0 unspecified atom stereocenters. The van der Waals surface area contributed by atoms with Crippen molar-refractivity contribution in [1.82, 2.24) is 23.8 Å². The molecule has 6 nitrogen and oxygen atoms in total. The van der Waals surface area contributed by atoms with Crippen molar-refractivity contribution in [3.8, 4) is 33.8 Å². The zero-order valence-corrected chi connectivity index (χ0v) is 34.8. The summed E-state index contributed by atoms with van der Waals surface area (Å²) in [5, 5.41) is 4.88. The van der Waals surface area contributed by atoms with Crippen LogP contribution in [0.25, 0.3) is 99.1 Å². The largest absolute Gasteiger partial charge is 2.00 e. The van der Waals surface area contributed by atoms with Gasteiger partial charge in [0.15, 0.2) is 0 Å². The summed E-state index contributed by atoms with van der Waals surface area (Å²) in [6, 6.07) is 54.0. The maximum Gasteiger partial charge on any atom is 2.00 e. The Kier molecular flexibility index (Phi) is 8.19. The van der Waals surface area contributed by atoms with E-state index >= 15 is 0 Å². The summed E-state index contributed by atoms with van der Waals surface area (Å²) in [6.07, 6.45) is 1.83. The minimum atomic E-state index is 0. The molecule has 5 heterocycles. The smallest absolute Gasteiger partial charge is 0.497 e. The molecule has 0 aliphatic heterocycles. The third-order valence-corrected chi connectivity index (χ3v) is 12.1. The third kappa shape index (κ3) is 5.26. The normalized spacial score (nSPS) is 11.9. The van der Waals surface area contributed by atoms with Gasteiger partial charge in [-0.1, -0.05) is 113 Å². The van der Waals surface area contributed by atoms with E-state index in [1.165, 1.54) is 44.5 Å². The summed E-state index contributed by atoms with van der Waals surface area (Å²) in [7, 11) is 0. The molecule has 12 aromatic rings. The van der Waals surface area contributed by atoms with Crippen LogP contribution in [0.15, 0.2) is 140 Å². The number of nitrogens with zero attached hydrogens (tertiary/aromatic N) is 5. The topological polar surface area (TPSA) is 56.7 Å². The summed E-state index contributed by atoms with van der Waals surface area (Å²) in [5.74, 6) is 1.14. The summed E-state index contributed by atoms with van der Waals surface area (Å²) in [4.78, 5) is 15.2. The minimum Gasteiger partial charge on any atom is -0.497 e. The molecule has 12 rings (SSSR count). The first kappa shape index (κ1) is 36.2. The number of hydrogen-bond donors (Lipinski definition) is 0. The van der Waals surface area contributed by atoms with Gasteiger partial charge in [-0.3, -0.25) is 15.0 Å². The maximum atomic E-state index is 6.71. The fraction of sp³-hybridized carbons (Fsp3) is 0.0755. The van der Waals surface area contributed by atoms with Crippen LogP contribution in [0, 0.1) is 39.8 Å². The first-order valence-corrected chi connectivity index (χ1v) is 20.0. The average Bonchev–Trinajstić information content (AvgIpc) is 3.84. The zero-order valence-electron chi connectivity index (χ0n) is 33.2. The van der Waals surface area contributed by atoms with Crippen LogP contribution in [-0.4, -0.2) is 23.8 Å². The van der Waals surface area contributed by atoms with E-state index in [9.17, 15) is 0 Å². The molecule has 7 aromatic carbocycles. The number of rotatable bonds is 4. The predicted octanol–water partition coefficient (Wildman–Crippen LogP) is 13.3. The molecule has 7 heteroatoms. The van der Waals surface area contributed by atoms with Crippen LogP contribution in [0.5, 0.6) is 11.5 Å². The number of imidazole rings is 2. The number of para-hydroxylation sites is 4. The SMILES string of the molecule is Cc1cccc(C)c1-c1cc(-c2c(C)cccc2C)c2c(c1)c1ccc(Oc3[c-]c4c(cc3)c3ncccc3n3c5ccccc5nc43)[c-]c1c1nc3ccccc3n12.[Pd+2]. The van der Waals surface area contributed by atoms with Gasteiger partial charge in [0.2, 0.25) is 0 Å². The molecule has 60 heavy (non-hydrogen) atoms. The van der Waals surface area contributed by atoms with Crippen molar-refractivity contribution in [2.75, 3.05) is 0 Å². The fourth-order valence-electron chi connectivity index (χ4n) is 9.53. The third-order valence-electron chi connectivity index (χ3n) is 12.1. The van der Waals surface area contributed by atoms with E-state index in [4.69, 9.17) is 19.7 Å². The standard InChI is InChI=1S/C53H35N5O.Pd/c1-30-12-9-13-31(2)48(30)34-26-39-37-23-21-35(59-36-22-24-38-41(29-36)52-55-43-16-5-7-18-45(43)57(52)47-20-11-25-54-50(38)47)28-40(37)53-56-44-17-6-8-19-46(44)58(53)51(39)42(27-34)49-32(3)14-10-15-33(49)4;/h5-27H,1-4H3;/q-2;+2. The Bertz CT molecular complexity index is 3730. The maximum absolute atomic E-state index is 6.71. The van der Waals surface area contributed by atoms with Crippen molar-refractivity contribution < 1.29 is 25.2 Å². The summed E-state index contributed by atoms with van der Waals surface area (Å²) < 4.78 is 11.2. The Morgan fingerprint density at radius 1 is 0.500 bits per heavy atom. The van der Waals surface area contributed by atoms with Crippen LogP contribution >= 0.6 is 0 Å². The van der Waals surface area contributed by atoms with Crippen molar-refractivity contribution in [2.24, 2.45) is 0 Å². The number of fused-ring (bicyclic) bond motifs is 16. The van der Waals surface area contributed by atoms with Crippen molar-refractivity contribution in [3.63, 3.8) is 0 Å². The summed E-state index contributed by atoms with van der Waals surface area (Å²) in [6.45, 7) is 8.83. The number of ether oxygens (including phenoxy) is 1. The number of aryl methyl sites for hydroxylation is 4. The van der Waals surface area contributed by atoms with E-state index in [1.54, 1.807) is 0 Å². The molecule has 0 saturated carbocycles. The Labute approximate surface area is 359 Å². The van der Waals surface area contributed by atoms with Crippen molar-refractivity contribution in [2.45, 2.75) is 27.7 Å². The Balaban J connectivity index is 0.00000408. The van der Waals surface area contributed by atoms with Gasteiger partial charge in [0.25, 0.3) is 0 Å². The van der Waals surface area contributed by atoms with Crippen LogP contribution in [0.4, 0.5) is 0 Å². The molecular weight excluding hydrogens is 829 g/mol. The van der Waals surface area contributed by atoms with E-state index in [0.29, 0.717) is 11.5 Å². The molecule has 0 fully saturated rings. The van der Waals surface area contributed by atoms with Gasteiger partial charge in [-0.05, 0) is 114 Å². The Morgan fingerprint density at radius 3 is 1.72 bits per heavy atom. The van der Waals surface area contributed by atoms with E-state index in [2.05, 4.69) is 146 Å². The number of aromatic nitrogens is 5. The van der Waals surface area contributed by atoms with Crippen molar-refractivity contribution in [1.29, 1.82) is 0 Å². The van der Waals surface area contributed by atoms with Gasteiger partial charge in [-0.25, -0.2) is 0 Å². The molecule has 0 aliphatic rings. The average molecular weight is 864 g/mol. The van der Waals surface area contributed by atoms with Crippen LogP contribution in [0.3, 0.4) is 0 Å². The summed E-state index contributed by atoms with van der Waals surface area (Å²) >= 11 is 0. The molecule has 0 atom stereocenters. The second-order valence-electron chi connectivity index (χ2n) is 15.7. The van der Waals surface area contributed by atoms with Crippen LogP contribution in [0.2, 0.25) is 0 Å². The van der Waals surface area contributed by atoms with Gasteiger partial charge in [-0.15, -0.1) is 12.1 Å². The quantitative estimate of drug-likeness (QED) is 0.100. The van der Waals surface area contributed by atoms with Gasteiger partial charge in [-0.2, -0.15) is 0 Å². The Morgan fingerprint density at radius 2 is 1.05 bits per heavy atom. The molecular formula is C53H35N5OPd.